The number of carbonyl (C=O) groups is 1. The number of nitrogens with two attached hydrogens (primary N) is 1. The van der Waals surface area contributed by atoms with Crippen molar-refractivity contribution in [2.75, 3.05) is 0 Å². The van der Waals surface area contributed by atoms with Crippen LogP contribution >= 0.6 is 27.3 Å². The Kier molecular flexibility index (Phi) is 3.37. The standard InChI is InChI=1S/C6H7BrN2O3S/c7-2-1-13-6(9-2)4(11)3(10)5(8)12/h1,3-4,10-11H,(H2,8,12). The third-order valence-corrected chi connectivity index (χ3v) is 2.96. The molecule has 2 unspecified atom stereocenters. The summed E-state index contributed by atoms with van der Waals surface area (Å²) in [7, 11) is 0. The molecule has 0 radical (unpaired) electrons. The molecular weight excluding hydrogens is 260 g/mol. The van der Waals surface area contributed by atoms with Gasteiger partial charge in [0.05, 0.1) is 0 Å². The number of thiazole rings is 1. The van der Waals surface area contributed by atoms with Gasteiger partial charge in [-0.2, -0.15) is 0 Å². The predicted octanol–water partition coefficient (Wildman–Crippen LogP) is -0.215. The molecule has 5 nitrogen and oxygen atoms in total. The van der Waals surface area contributed by atoms with Crippen molar-refractivity contribution in [3.63, 3.8) is 0 Å². The number of carbonyl (C=O) groups excluding carboxylic acids is 1. The zero-order chi connectivity index (χ0) is 10.0. The van der Waals surface area contributed by atoms with Gasteiger partial charge in [-0.1, -0.05) is 0 Å². The van der Waals surface area contributed by atoms with Crippen molar-refractivity contribution in [2.24, 2.45) is 5.73 Å². The highest BCUT2D eigenvalue weighted by Crippen LogP contribution is 2.23. The molecule has 0 spiro atoms. The number of aliphatic hydroxyl groups is 2. The van der Waals surface area contributed by atoms with Crippen LogP contribution in [0.2, 0.25) is 0 Å². The molecule has 72 valence electrons. The van der Waals surface area contributed by atoms with E-state index in [1.165, 1.54) is 0 Å². The second-order valence-electron chi connectivity index (χ2n) is 2.30. The van der Waals surface area contributed by atoms with Crippen LogP contribution in [0.5, 0.6) is 0 Å². The fraction of sp³-hybridized carbons (Fsp3) is 0.333. The Hall–Kier alpha value is -0.500. The molecule has 4 N–H and O–H groups in total. The summed E-state index contributed by atoms with van der Waals surface area (Å²) in [6.45, 7) is 0. The molecule has 2 atom stereocenters. The lowest BCUT2D eigenvalue weighted by Crippen LogP contribution is -2.33. The van der Waals surface area contributed by atoms with Gasteiger partial charge in [0, 0.05) is 5.38 Å². The summed E-state index contributed by atoms with van der Waals surface area (Å²) in [5.41, 5.74) is 4.80. The number of amides is 1. The Balaban J connectivity index is 2.78. The van der Waals surface area contributed by atoms with Crippen molar-refractivity contribution < 1.29 is 15.0 Å². The van der Waals surface area contributed by atoms with Crippen molar-refractivity contribution >= 4 is 33.2 Å². The Bertz CT molecular complexity index is 317. The van der Waals surface area contributed by atoms with Gasteiger partial charge in [0.15, 0.2) is 6.10 Å². The monoisotopic (exact) mass is 266 g/mol. The van der Waals surface area contributed by atoms with Gasteiger partial charge in [0.25, 0.3) is 0 Å². The van der Waals surface area contributed by atoms with Crippen LogP contribution in [0.15, 0.2) is 9.98 Å². The molecule has 0 bridgehead atoms. The minimum Gasteiger partial charge on any atom is -0.383 e. The number of aliphatic hydroxyl groups excluding tert-OH is 2. The maximum Gasteiger partial charge on any atom is 0.249 e. The maximum atomic E-state index is 10.5. The number of aromatic nitrogens is 1. The normalized spacial score (nSPS) is 15.3. The molecule has 0 aliphatic carbocycles. The van der Waals surface area contributed by atoms with Crippen molar-refractivity contribution in [3.8, 4) is 0 Å². The van der Waals surface area contributed by atoms with Gasteiger partial charge in [0.2, 0.25) is 5.91 Å². The molecule has 1 rings (SSSR count). The smallest absolute Gasteiger partial charge is 0.249 e. The zero-order valence-electron chi connectivity index (χ0n) is 6.35. The van der Waals surface area contributed by atoms with E-state index in [1.54, 1.807) is 5.38 Å². The Morgan fingerprint density at radius 3 is 2.69 bits per heavy atom. The lowest BCUT2D eigenvalue weighted by Gasteiger charge is -2.11. The van der Waals surface area contributed by atoms with E-state index in [0.29, 0.717) is 4.60 Å². The molecule has 0 aliphatic rings. The fourth-order valence-electron chi connectivity index (χ4n) is 0.693. The fourth-order valence-corrected chi connectivity index (χ4v) is 1.97. The molecule has 0 saturated heterocycles. The van der Waals surface area contributed by atoms with E-state index in [2.05, 4.69) is 20.9 Å². The van der Waals surface area contributed by atoms with Gasteiger partial charge >= 0.3 is 0 Å². The summed E-state index contributed by atoms with van der Waals surface area (Å²) in [6, 6.07) is 0. The summed E-state index contributed by atoms with van der Waals surface area (Å²) in [5.74, 6) is -0.973. The number of primary amides is 1. The average Bonchev–Trinajstić information content (AvgIpc) is 2.49. The summed E-state index contributed by atoms with van der Waals surface area (Å²) < 4.78 is 0.545. The van der Waals surface area contributed by atoms with Gasteiger partial charge in [0.1, 0.15) is 15.7 Å². The van der Waals surface area contributed by atoms with Gasteiger partial charge in [-0.05, 0) is 15.9 Å². The number of hydrogen-bond acceptors (Lipinski definition) is 5. The molecular formula is C6H7BrN2O3S. The number of hydrogen-bond donors (Lipinski definition) is 3. The van der Waals surface area contributed by atoms with E-state index >= 15 is 0 Å². The topological polar surface area (TPSA) is 96.4 Å². The SMILES string of the molecule is NC(=O)C(O)C(O)c1nc(Br)cs1. The van der Waals surface area contributed by atoms with E-state index in [9.17, 15) is 9.90 Å². The molecule has 0 fully saturated rings. The van der Waals surface area contributed by atoms with Gasteiger partial charge < -0.3 is 15.9 Å². The van der Waals surface area contributed by atoms with E-state index in [1.807, 2.05) is 0 Å². The lowest BCUT2D eigenvalue weighted by atomic mass is 10.2. The predicted molar refractivity (Wildman–Crippen MR) is 50.0 cm³/mol. The molecule has 7 heteroatoms. The van der Waals surface area contributed by atoms with E-state index < -0.39 is 18.1 Å². The lowest BCUT2D eigenvalue weighted by molar-refractivity contribution is -0.131. The number of rotatable bonds is 3. The Labute approximate surface area is 86.3 Å². The molecule has 1 amide bonds. The summed E-state index contributed by atoms with van der Waals surface area (Å²) in [5, 5.41) is 20.3. The zero-order valence-corrected chi connectivity index (χ0v) is 8.75. The molecule has 13 heavy (non-hydrogen) atoms. The first-order valence-electron chi connectivity index (χ1n) is 3.28. The van der Waals surface area contributed by atoms with Gasteiger partial charge in [-0.15, -0.1) is 11.3 Å². The van der Waals surface area contributed by atoms with Crippen LogP contribution in [0.1, 0.15) is 11.1 Å². The highest BCUT2D eigenvalue weighted by atomic mass is 79.9. The molecule has 0 aromatic carbocycles. The minimum atomic E-state index is -1.61. The van der Waals surface area contributed by atoms with Crippen LogP contribution < -0.4 is 5.73 Å². The highest BCUT2D eigenvalue weighted by molar-refractivity contribution is 9.10. The first-order chi connectivity index (χ1) is 6.02. The molecule has 1 heterocycles. The van der Waals surface area contributed by atoms with Crippen LogP contribution in [-0.2, 0) is 4.79 Å². The first-order valence-corrected chi connectivity index (χ1v) is 4.96. The minimum absolute atomic E-state index is 0.248. The second kappa shape index (κ2) is 4.14. The van der Waals surface area contributed by atoms with Gasteiger partial charge in [-0.3, -0.25) is 4.79 Å². The second-order valence-corrected chi connectivity index (χ2v) is 4.00. The highest BCUT2D eigenvalue weighted by Gasteiger charge is 2.25. The largest absolute Gasteiger partial charge is 0.383 e. The van der Waals surface area contributed by atoms with E-state index in [4.69, 9.17) is 10.8 Å². The van der Waals surface area contributed by atoms with Crippen molar-refractivity contribution in [1.29, 1.82) is 0 Å². The van der Waals surface area contributed by atoms with Crippen molar-refractivity contribution in [1.82, 2.24) is 4.98 Å². The first kappa shape index (κ1) is 10.6. The van der Waals surface area contributed by atoms with E-state index in [0.717, 1.165) is 11.3 Å². The average molecular weight is 267 g/mol. The van der Waals surface area contributed by atoms with Crippen molar-refractivity contribution in [2.45, 2.75) is 12.2 Å². The van der Waals surface area contributed by atoms with Crippen LogP contribution in [0.25, 0.3) is 0 Å². The number of halogens is 1. The molecule has 0 aliphatic heterocycles. The van der Waals surface area contributed by atoms with E-state index in [-0.39, 0.29) is 5.01 Å². The van der Waals surface area contributed by atoms with Crippen LogP contribution in [0.4, 0.5) is 0 Å². The van der Waals surface area contributed by atoms with Crippen LogP contribution in [0.3, 0.4) is 0 Å². The summed E-state index contributed by atoms with van der Waals surface area (Å²) >= 11 is 4.20. The quantitative estimate of drug-likeness (QED) is 0.705. The third kappa shape index (κ3) is 2.47. The third-order valence-electron chi connectivity index (χ3n) is 1.34. The van der Waals surface area contributed by atoms with Crippen LogP contribution in [0, 0.1) is 0 Å². The van der Waals surface area contributed by atoms with Crippen LogP contribution in [-0.4, -0.2) is 27.2 Å². The summed E-state index contributed by atoms with van der Waals surface area (Å²) in [4.78, 5) is 14.3. The number of nitrogens with zero attached hydrogens (tertiary/aromatic N) is 1. The van der Waals surface area contributed by atoms with Gasteiger partial charge in [-0.25, -0.2) is 4.98 Å². The molecule has 1 aromatic heterocycles. The Morgan fingerprint density at radius 1 is 1.69 bits per heavy atom. The Morgan fingerprint density at radius 2 is 2.31 bits per heavy atom. The molecule has 1 aromatic rings. The molecule has 0 saturated carbocycles. The summed E-state index contributed by atoms with van der Waals surface area (Å²) in [6.07, 6.45) is -2.97. The maximum absolute atomic E-state index is 10.5. The van der Waals surface area contributed by atoms with Crippen molar-refractivity contribution in [3.05, 3.63) is 15.0 Å².